The summed E-state index contributed by atoms with van der Waals surface area (Å²) in [5.74, 6) is 0. The van der Waals surface area contributed by atoms with Crippen LogP contribution in [0, 0.1) is 20.8 Å². The standard InChI is InChI=1S/C9H11.ClH.Zn/c1-7-4-8(2)6-9(3)5-7;;/h4-5H,1-3H3;1H;. The van der Waals surface area contributed by atoms with E-state index in [-0.39, 0.29) is 12.4 Å². The van der Waals surface area contributed by atoms with Crippen molar-refractivity contribution in [3.8, 4) is 0 Å². The zero-order valence-electron chi connectivity index (χ0n) is 7.27. The summed E-state index contributed by atoms with van der Waals surface area (Å²) in [6.45, 7) is 6.54. The Morgan fingerprint density at radius 1 is 1.00 bits per heavy atom. The largest absolute Gasteiger partial charge is 0.147 e. The molecular formula is C9H12ClZn. The number of benzene rings is 1. The number of halogens is 1. The van der Waals surface area contributed by atoms with Crippen LogP contribution in [-0.4, -0.2) is 0 Å². The number of aryl methyl sites for hydroxylation is 3. The number of hydrogen-bond acceptors (Lipinski definition) is 0. The van der Waals surface area contributed by atoms with Gasteiger partial charge in [0, 0.05) is 0 Å². The maximum atomic E-state index is 2.26. The van der Waals surface area contributed by atoms with Gasteiger partial charge < -0.3 is 0 Å². The Hall–Kier alpha value is 0.133. The molecule has 11 heavy (non-hydrogen) atoms. The molecule has 1 aromatic rings. The molecule has 0 bridgehead atoms. The molecule has 0 fully saturated rings. The van der Waals surface area contributed by atoms with Gasteiger partial charge in [-0.25, -0.2) is 0 Å². The maximum absolute atomic E-state index is 2.26. The summed E-state index contributed by atoms with van der Waals surface area (Å²) in [7, 11) is 0. The first-order valence-corrected chi connectivity index (χ1v) is 4.99. The van der Waals surface area contributed by atoms with Gasteiger partial charge in [-0.2, -0.15) is 0 Å². The zero-order valence-corrected chi connectivity index (χ0v) is 11.1. The minimum atomic E-state index is 0. The second-order valence-electron chi connectivity index (χ2n) is 2.88. The van der Waals surface area contributed by atoms with Crippen LogP contribution >= 0.6 is 12.4 Å². The predicted octanol–water partition coefficient (Wildman–Crippen LogP) is 2.21. The van der Waals surface area contributed by atoms with E-state index in [2.05, 4.69) is 32.9 Å². The minimum absolute atomic E-state index is 0. The van der Waals surface area contributed by atoms with E-state index in [0.29, 0.717) is 0 Å². The van der Waals surface area contributed by atoms with E-state index in [1.54, 1.807) is 4.16 Å². The smallest absolute Gasteiger partial charge is 0.147 e. The van der Waals surface area contributed by atoms with Crippen molar-refractivity contribution in [3.63, 3.8) is 0 Å². The van der Waals surface area contributed by atoms with Crippen LogP contribution in [0.25, 0.3) is 0 Å². The topological polar surface area (TPSA) is 0 Å². The van der Waals surface area contributed by atoms with Crippen LogP contribution in [0.4, 0.5) is 0 Å². The van der Waals surface area contributed by atoms with E-state index in [1.807, 2.05) is 0 Å². The molecule has 0 atom stereocenters. The summed E-state index contributed by atoms with van der Waals surface area (Å²) in [6.07, 6.45) is 0. The zero-order chi connectivity index (χ0) is 7.72. The van der Waals surface area contributed by atoms with Gasteiger partial charge in [0.15, 0.2) is 0 Å². The third-order valence-electron chi connectivity index (χ3n) is 1.84. The molecule has 0 nitrogen and oxygen atoms in total. The van der Waals surface area contributed by atoms with Crippen molar-refractivity contribution in [2.45, 2.75) is 20.8 Å². The number of hydrogen-bond donors (Lipinski definition) is 0. The van der Waals surface area contributed by atoms with E-state index < -0.39 is 0 Å². The molecule has 0 unspecified atom stereocenters. The van der Waals surface area contributed by atoms with Crippen molar-refractivity contribution in [2.75, 3.05) is 0 Å². The van der Waals surface area contributed by atoms with E-state index in [4.69, 9.17) is 0 Å². The quantitative estimate of drug-likeness (QED) is 0.589. The summed E-state index contributed by atoms with van der Waals surface area (Å²) < 4.78 is 1.55. The Morgan fingerprint density at radius 3 is 1.73 bits per heavy atom. The molecule has 0 saturated heterocycles. The van der Waals surface area contributed by atoms with Crippen molar-refractivity contribution in [3.05, 3.63) is 28.8 Å². The Morgan fingerprint density at radius 2 is 1.36 bits per heavy atom. The Bertz CT molecular complexity index is 233. The average molecular weight is 221 g/mol. The molecule has 0 N–H and O–H groups in total. The molecular weight excluding hydrogens is 209 g/mol. The van der Waals surface area contributed by atoms with E-state index in [1.165, 1.54) is 35.0 Å². The Labute approximate surface area is 84.5 Å². The fourth-order valence-corrected chi connectivity index (χ4v) is 1.64. The summed E-state index contributed by atoms with van der Waals surface area (Å²) in [5.41, 5.74) is 4.29. The normalized spacial score (nSPS) is 9.18. The van der Waals surface area contributed by atoms with Crippen LogP contribution < -0.4 is 4.16 Å². The Balaban J connectivity index is 0.000001000. The fourth-order valence-electron chi connectivity index (χ4n) is 1.21. The van der Waals surface area contributed by atoms with Gasteiger partial charge in [0.1, 0.15) is 0 Å². The second kappa shape index (κ2) is 4.23. The predicted molar refractivity (Wildman–Crippen MR) is 47.5 cm³/mol. The van der Waals surface area contributed by atoms with E-state index >= 15 is 0 Å². The van der Waals surface area contributed by atoms with Gasteiger partial charge in [0.25, 0.3) is 0 Å². The van der Waals surface area contributed by atoms with Crippen LogP contribution in [0.2, 0.25) is 0 Å². The molecule has 1 aromatic carbocycles. The van der Waals surface area contributed by atoms with Crippen molar-refractivity contribution in [2.24, 2.45) is 0 Å². The molecule has 57 valence electrons. The molecule has 0 aliphatic carbocycles. The average Bonchev–Trinajstić information content (AvgIpc) is 1.82. The van der Waals surface area contributed by atoms with Gasteiger partial charge in [-0.15, -0.1) is 12.4 Å². The summed E-state index contributed by atoms with van der Waals surface area (Å²) in [6, 6.07) is 4.51. The van der Waals surface area contributed by atoms with Crippen molar-refractivity contribution in [1.29, 1.82) is 0 Å². The summed E-state index contributed by atoms with van der Waals surface area (Å²) >= 11 is 1.28. The maximum Gasteiger partial charge on any atom is -0.147 e. The van der Waals surface area contributed by atoms with Gasteiger partial charge in [-0.1, -0.05) is 0 Å². The SMILES string of the molecule is Cc1cc(C)[c]([Zn])c(C)c1.Cl. The molecule has 0 aliphatic heterocycles. The first kappa shape index (κ1) is 11.1. The molecule has 0 heterocycles. The number of rotatable bonds is 0. The van der Waals surface area contributed by atoms with Crippen LogP contribution in [0.5, 0.6) is 0 Å². The molecule has 1 rings (SSSR count). The summed E-state index contributed by atoms with van der Waals surface area (Å²) in [5, 5.41) is 0. The van der Waals surface area contributed by atoms with Crippen molar-refractivity contribution < 1.29 is 18.3 Å². The first-order chi connectivity index (χ1) is 4.61. The van der Waals surface area contributed by atoms with Gasteiger partial charge in [-0.05, 0) is 0 Å². The van der Waals surface area contributed by atoms with Crippen molar-refractivity contribution in [1.82, 2.24) is 0 Å². The van der Waals surface area contributed by atoms with Gasteiger partial charge in [0.2, 0.25) is 0 Å². The molecule has 0 aromatic heterocycles. The monoisotopic (exact) mass is 219 g/mol. The second-order valence-corrected chi connectivity index (χ2v) is 4.36. The van der Waals surface area contributed by atoms with Crippen LogP contribution in [0.3, 0.4) is 0 Å². The third kappa shape index (κ3) is 2.58. The minimum Gasteiger partial charge on any atom is -0.147 e. The fraction of sp³-hybridized carbons (Fsp3) is 0.333. The van der Waals surface area contributed by atoms with Crippen LogP contribution in [0.15, 0.2) is 12.1 Å². The third-order valence-corrected chi connectivity index (χ3v) is 4.18. The molecule has 0 saturated carbocycles. The van der Waals surface area contributed by atoms with Crippen LogP contribution in [0.1, 0.15) is 16.7 Å². The summed E-state index contributed by atoms with van der Waals surface area (Å²) in [4.78, 5) is 0. The Kier molecular flexibility index (Phi) is 4.28. The molecule has 0 spiro atoms. The molecule has 2 heteroatoms. The van der Waals surface area contributed by atoms with Gasteiger partial charge >= 0.3 is 72.1 Å². The first-order valence-electron chi connectivity index (χ1n) is 3.51. The van der Waals surface area contributed by atoms with Gasteiger partial charge in [0.05, 0.1) is 0 Å². The van der Waals surface area contributed by atoms with Crippen LogP contribution in [-0.2, 0) is 18.3 Å². The molecule has 0 aliphatic rings. The van der Waals surface area contributed by atoms with Crippen molar-refractivity contribution >= 4 is 16.6 Å². The van der Waals surface area contributed by atoms with E-state index in [0.717, 1.165) is 0 Å². The molecule has 0 radical (unpaired) electrons. The molecule has 0 amide bonds. The van der Waals surface area contributed by atoms with Gasteiger partial charge in [-0.3, -0.25) is 0 Å². The van der Waals surface area contributed by atoms with E-state index in [9.17, 15) is 0 Å².